The van der Waals surface area contributed by atoms with Crippen molar-refractivity contribution in [1.29, 1.82) is 0 Å². The van der Waals surface area contributed by atoms with E-state index in [1.54, 1.807) is 0 Å². The summed E-state index contributed by atoms with van der Waals surface area (Å²) in [6.07, 6.45) is 8.02. The molecule has 1 N–H and O–H groups in total. The number of carboxylic acid groups (broad SMARTS) is 1. The van der Waals surface area contributed by atoms with E-state index in [4.69, 9.17) is 0 Å². The molecular weight excluding hydrogens is 200 g/mol. The van der Waals surface area contributed by atoms with Gasteiger partial charge in [-0.3, -0.25) is 4.79 Å². The van der Waals surface area contributed by atoms with Crippen molar-refractivity contribution < 1.29 is 9.90 Å². The SMILES string of the molecule is CC(C)(C)C1C/C=C\CCCC1(C)C(=O)O. The van der Waals surface area contributed by atoms with Crippen molar-refractivity contribution in [2.24, 2.45) is 16.7 Å². The van der Waals surface area contributed by atoms with Gasteiger partial charge in [0.2, 0.25) is 0 Å². The van der Waals surface area contributed by atoms with E-state index < -0.39 is 11.4 Å². The Morgan fingerprint density at radius 1 is 1.38 bits per heavy atom. The van der Waals surface area contributed by atoms with Gasteiger partial charge in [-0.15, -0.1) is 0 Å². The number of aliphatic carboxylic acids is 1. The Balaban J connectivity index is 3.07. The maximum Gasteiger partial charge on any atom is 0.309 e. The lowest BCUT2D eigenvalue weighted by Gasteiger charge is -2.42. The monoisotopic (exact) mass is 224 g/mol. The number of carbonyl (C=O) groups is 1. The number of hydrogen-bond donors (Lipinski definition) is 1. The van der Waals surface area contributed by atoms with Crippen LogP contribution in [0.3, 0.4) is 0 Å². The summed E-state index contributed by atoms with van der Waals surface area (Å²) in [5.74, 6) is -0.434. The molecule has 0 aromatic rings. The van der Waals surface area contributed by atoms with E-state index in [0.29, 0.717) is 0 Å². The highest BCUT2D eigenvalue weighted by molar-refractivity contribution is 5.74. The molecule has 2 atom stereocenters. The summed E-state index contributed by atoms with van der Waals surface area (Å²) >= 11 is 0. The molecule has 2 nitrogen and oxygen atoms in total. The molecule has 2 unspecified atom stereocenters. The van der Waals surface area contributed by atoms with E-state index >= 15 is 0 Å². The molecule has 92 valence electrons. The van der Waals surface area contributed by atoms with Crippen molar-refractivity contribution in [3.8, 4) is 0 Å². The lowest BCUT2D eigenvalue weighted by molar-refractivity contribution is -0.155. The van der Waals surface area contributed by atoms with Crippen LogP contribution in [-0.2, 0) is 4.79 Å². The summed E-state index contributed by atoms with van der Waals surface area (Å²) in [4.78, 5) is 11.6. The van der Waals surface area contributed by atoms with Gasteiger partial charge in [-0.2, -0.15) is 0 Å². The Labute approximate surface area is 98.7 Å². The third-order valence-electron chi connectivity index (χ3n) is 3.91. The average Bonchev–Trinajstić information content (AvgIpc) is 2.09. The van der Waals surface area contributed by atoms with Gasteiger partial charge in [0.05, 0.1) is 5.41 Å². The first-order valence-electron chi connectivity index (χ1n) is 6.17. The summed E-state index contributed by atoms with van der Waals surface area (Å²) < 4.78 is 0. The first-order chi connectivity index (χ1) is 7.28. The van der Waals surface area contributed by atoms with Crippen molar-refractivity contribution in [3.63, 3.8) is 0 Å². The van der Waals surface area contributed by atoms with Gasteiger partial charge in [0, 0.05) is 0 Å². The van der Waals surface area contributed by atoms with Gasteiger partial charge in [-0.1, -0.05) is 32.9 Å². The molecule has 16 heavy (non-hydrogen) atoms. The molecule has 2 heteroatoms. The summed E-state index contributed by atoms with van der Waals surface area (Å²) in [6, 6.07) is 0. The van der Waals surface area contributed by atoms with Crippen LogP contribution in [-0.4, -0.2) is 11.1 Å². The van der Waals surface area contributed by atoms with E-state index in [1.165, 1.54) is 0 Å². The molecule has 0 saturated carbocycles. The summed E-state index contributed by atoms with van der Waals surface area (Å²) in [5, 5.41) is 9.52. The Hall–Kier alpha value is -0.790. The van der Waals surface area contributed by atoms with E-state index in [1.807, 2.05) is 6.92 Å². The summed E-state index contributed by atoms with van der Waals surface area (Å²) in [6.45, 7) is 8.36. The Kier molecular flexibility index (Phi) is 3.82. The molecule has 0 radical (unpaired) electrons. The lowest BCUT2D eigenvalue weighted by Crippen LogP contribution is -2.42. The summed E-state index contributed by atoms with van der Waals surface area (Å²) in [7, 11) is 0. The van der Waals surface area contributed by atoms with Crippen molar-refractivity contribution >= 4 is 5.97 Å². The van der Waals surface area contributed by atoms with Gasteiger partial charge in [-0.25, -0.2) is 0 Å². The Bertz CT molecular complexity index is 286. The van der Waals surface area contributed by atoms with E-state index in [-0.39, 0.29) is 11.3 Å². The van der Waals surface area contributed by atoms with Crippen LogP contribution in [0.15, 0.2) is 12.2 Å². The van der Waals surface area contributed by atoms with Crippen LogP contribution in [0.2, 0.25) is 0 Å². The van der Waals surface area contributed by atoms with Crippen LogP contribution < -0.4 is 0 Å². The molecule has 0 bridgehead atoms. The Morgan fingerprint density at radius 2 is 2.00 bits per heavy atom. The number of allylic oxidation sites excluding steroid dienone is 2. The fraction of sp³-hybridized carbons (Fsp3) is 0.786. The minimum absolute atomic E-state index is 0.0365. The summed E-state index contributed by atoms with van der Waals surface area (Å²) in [5.41, 5.74) is -0.544. The minimum Gasteiger partial charge on any atom is -0.481 e. The molecule has 0 fully saturated rings. The first-order valence-corrected chi connectivity index (χ1v) is 6.17. The van der Waals surface area contributed by atoms with Crippen LogP contribution >= 0.6 is 0 Å². The molecule has 1 aliphatic carbocycles. The fourth-order valence-electron chi connectivity index (χ4n) is 2.94. The van der Waals surface area contributed by atoms with Gasteiger partial charge < -0.3 is 5.11 Å². The fourth-order valence-corrected chi connectivity index (χ4v) is 2.94. The third-order valence-corrected chi connectivity index (χ3v) is 3.91. The maximum atomic E-state index is 11.6. The van der Waals surface area contributed by atoms with Crippen LogP contribution in [0.5, 0.6) is 0 Å². The van der Waals surface area contributed by atoms with Gasteiger partial charge in [-0.05, 0) is 43.9 Å². The standard InChI is InChI=1S/C14H24O2/c1-13(2,3)11-9-7-5-6-8-10-14(11,4)12(15)16/h5,7,11H,6,8-10H2,1-4H3,(H,15,16)/b7-5-. The van der Waals surface area contributed by atoms with Crippen molar-refractivity contribution in [2.45, 2.75) is 53.4 Å². The predicted molar refractivity (Wildman–Crippen MR) is 66.3 cm³/mol. The molecular formula is C14H24O2. The average molecular weight is 224 g/mol. The van der Waals surface area contributed by atoms with Gasteiger partial charge in [0.15, 0.2) is 0 Å². The number of rotatable bonds is 1. The maximum absolute atomic E-state index is 11.6. The zero-order chi connectivity index (χ0) is 12.4. The molecule has 0 aliphatic heterocycles. The van der Waals surface area contributed by atoms with Crippen LogP contribution in [0.25, 0.3) is 0 Å². The minimum atomic E-state index is -0.636. The van der Waals surface area contributed by atoms with Gasteiger partial charge >= 0.3 is 5.97 Å². The largest absolute Gasteiger partial charge is 0.481 e. The topological polar surface area (TPSA) is 37.3 Å². The second kappa shape index (κ2) is 4.60. The molecule has 0 heterocycles. The lowest BCUT2D eigenvalue weighted by atomic mass is 9.61. The second-order valence-electron chi connectivity index (χ2n) is 6.24. The molecule has 1 rings (SSSR count). The van der Waals surface area contributed by atoms with Crippen molar-refractivity contribution in [1.82, 2.24) is 0 Å². The number of hydrogen-bond acceptors (Lipinski definition) is 1. The highest BCUT2D eigenvalue weighted by Gasteiger charge is 2.45. The quantitative estimate of drug-likeness (QED) is 0.686. The smallest absolute Gasteiger partial charge is 0.309 e. The van der Waals surface area contributed by atoms with E-state index in [0.717, 1.165) is 25.7 Å². The molecule has 0 amide bonds. The zero-order valence-electron chi connectivity index (χ0n) is 10.9. The van der Waals surface area contributed by atoms with Crippen LogP contribution in [0.1, 0.15) is 53.4 Å². The number of carboxylic acids is 1. The normalized spacial score (nSPS) is 33.9. The second-order valence-corrected chi connectivity index (χ2v) is 6.24. The van der Waals surface area contributed by atoms with Crippen LogP contribution in [0, 0.1) is 16.7 Å². The van der Waals surface area contributed by atoms with E-state index in [2.05, 4.69) is 32.9 Å². The van der Waals surface area contributed by atoms with Crippen LogP contribution in [0.4, 0.5) is 0 Å². The highest BCUT2D eigenvalue weighted by atomic mass is 16.4. The third kappa shape index (κ3) is 2.66. The predicted octanol–water partition coefficient (Wildman–Crippen LogP) is 3.87. The molecule has 0 spiro atoms. The van der Waals surface area contributed by atoms with Crippen molar-refractivity contribution in [2.75, 3.05) is 0 Å². The molecule has 0 saturated heterocycles. The molecule has 1 aliphatic rings. The van der Waals surface area contributed by atoms with Crippen molar-refractivity contribution in [3.05, 3.63) is 12.2 Å². The highest BCUT2D eigenvalue weighted by Crippen LogP contribution is 2.46. The zero-order valence-corrected chi connectivity index (χ0v) is 10.9. The molecule has 0 aromatic heterocycles. The van der Waals surface area contributed by atoms with E-state index in [9.17, 15) is 9.90 Å². The molecule has 0 aromatic carbocycles. The van der Waals surface area contributed by atoms with Gasteiger partial charge in [0.1, 0.15) is 0 Å². The first kappa shape index (κ1) is 13.3. The Morgan fingerprint density at radius 3 is 2.50 bits per heavy atom. The van der Waals surface area contributed by atoms with Gasteiger partial charge in [0.25, 0.3) is 0 Å².